The van der Waals surface area contributed by atoms with Crippen LogP contribution in [0.25, 0.3) is 0 Å². The van der Waals surface area contributed by atoms with E-state index in [0.29, 0.717) is 43.4 Å². The van der Waals surface area contributed by atoms with Gasteiger partial charge in [-0.15, -0.1) is 0 Å². The Morgan fingerprint density at radius 2 is 2.03 bits per heavy atom. The van der Waals surface area contributed by atoms with E-state index in [2.05, 4.69) is 18.8 Å². The van der Waals surface area contributed by atoms with Gasteiger partial charge in [0.1, 0.15) is 19.4 Å². The Balaban J connectivity index is 1.72. The fourth-order valence-electron chi connectivity index (χ4n) is 7.87. The molecule has 0 aliphatic heterocycles. The third kappa shape index (κ3) is 3.67. The summed E-state index contributed by atoms with van der Waals surface area (Å²) in [4.78, 5) is 25.9. The standard InChI is InChI=1S/C30H34FNO4/c1-29-16-24(18-4-6-19(32)7-5-18)28-21-9-8-20(34)14-22(21)26(31)15-23(28)25(29)10-12-30(29,11-3-13-33)27(35)17-36-2/h4-7,14,23-26,33H,8-10,12-13,15-17,32H2,1-2H3/t23-,24+,25-,26?,29-,30+/m0/s1. The number of hydrogen-bond donors (Lipinski definition) is 2. The predicted octanol–water partition coefficient (Wildman–Crippen LogP) is 4.31. The van der Waals surface area contributed by atoms with Gasteiger partial charge in [-0.3, -0.25) is 9.59 Å². The quantitative estimate of drug-likeness (QED) is 0.484. The fourth-order valence-corrected chi connectivity index (χ4v) is 7.87. The molecule has 1 aromatic rings. The Morgan fingerprint density at radius 1 is 1.28 bits per heavy atom. The maximum absolute atomic E-state index is 15.7. The number of methoxy groups -OCH3 is 1. The molecule has 0 heterocycles. The predicted molar refractivity (Wildman–Crippen MR) is 136 cm³/mol. The summed E-state index contributed by atoms with van der Waals surface area (Å²) in [7, 11) is 1.51. The smallest absolute Gasteiger partial charge is 0.176 e. The second kappa shape index (κ2) is 9.28. The van der Waals surface area contributed by atoms with Crippen molar-refractivity contribution in [2.45, 2.75) is 57.5 Å². The molecule has 0 radical (unpaired) electrons. The lowest BCUT2D eigenvalue weighted by Crippen LogP contribution is -2.52. The van der Waals surface area contributed by atoms with E-state index in [0.717, 1.165) is 17.6 Å². The number of alkyl halides is 1. The van der Waals surface area contributed by atoms with Gasteiger partial charge in [0.05, 0.1) is 5.41 Å². The van der Waals surface area contributed by atoms with Crippen molar-refractivity contribution in [1.29, 1.82) is 0 Å². The number of halogens is 1. The van der Waals surface area contributed by atoms with E-state index in [1.807, 2.05) is 24.3 Å². The summed E-state index contributed by atoms with van der Waals surface area (Å²) in [6.45, 7) is 1.77. The van der Waals surface area contributed by atoms with Crippen molar-refractivity contribution in [3.8, 4) is 11.8 Å². The summed E-state index contributed by atoms with van der Waals surface area (Å²) in [6.07, 6.45) is 3.59. The minimum atomic E-state index is -1.19. The first-order valence-corrected chi connectivity index (χ1v) is 12.9. The highest BCUT2D eigenvalue weighted by Crippen LogP contribution is 2.69. The molecule has 1 unspecified atom stereocenters. The van der Waals surface area contributed by atoms with Crippen LogP contribution in [-0.4, -0.2) is 43.2 Å². The van der Waals surface area contributed by atoms with Crippen LogP contribution in [0.15, 0.2) is 47.1 Å². The topological polar surface area (TPSA) is 89.6 Å². The number of ether oxygens (including phenoxy) is 1. The Morgan fingerprint density at radius 3 is 2.72 bits per heavy atom. The number of fused-ring (bicyclic) bond motifs is 4. The van der Waals surface area contributed by atoms with Gasteiger partial charge >= 0.3 is 0 Å². The molecule has 3 N–H and O–H groups in total. The first-order valence-electron chi connectivity index (χ1n) is 12.9. The molecule has 0 spiro atoms. The van der Waals surface area contributed by atoms with Gasteiger partial charge in [0.2, 0.25) is 0 Å². The number of ketones is 2. The van der Waals surface area contributed by atoms with E-state index in [1.165, 1.54) is 18.8 Å². The SMILES string of the molecule is COCC(=O)[C@@]1(C#CCO)CC[C@H]2[C@@H]3CC(F)C4=CC(=O)CCC4=C3[C@@H](c3ccc(N)cc3)C[C@@]21C. The molecule has 5 nitrogen and oxygen atoms in total. The molecule has 6 heteroatoms. The van der Waals surface area contributed by atoms with Crippen LogP contribution in [0.4, 0.5) is 10.1 Å². The number of aliphatic hydroxyl groups is 1. The number of nitrogen functional groups attached to an aromatic ring is 1. The molecule has 0 saturated heterocycles. The zero-order chi connectivity index (χ0) is 25.7. The lowest BCUT2D eigenvalue weighted by Gasteiger charge is -2.55. The van der Waals surface area contributed by atoms with Crippen LogP contribution in [0, 0.1) is 34.5 Å². The van der Waals surface area contributed by atoms with Crippen molar-refractivity contribution in [2.75, 3.05) is 26.1 Å². The zero-order valence-corrected chi connectivity index (χ0v) is 21.0. The summed E-state index contributed by atoms with van der Waals surface area (Å²) in [6, 6.07) is 7.82. The molecule has 0 aromatic heterocycles. The lowest BCUT2D eigenvalue weighted by atomic mass is 9.48. The van der Waals surface area contributed by atoms with E-state index in [4.69, 9.17) is 10.5 Å². The molecule has 190 valence electrons. The highest BCUT2D eigenvalue weighted by molar-refractivity contribution is 5.93. The Labute approximate surface area is 212 Å². The highest BCUT2D eigenvalue weighted by Gasteiger charge is 2.66. The molecule has 2 fully saturated rings. The van der Waals surface area contributed by atoms with Crippen LogP contribution in [-0.2, 0) is 14.3 Å². The molecule has 6 atom stereocenters. The second-order valence-electron chi connectivity index (χ2n) is 11.0. The van der Waals surface area contributed by atoms with E-state index >= 15 is 4.39 Å². The van der Waals surface area contributed by atoms with Gasteiger partial charge in [-0.05, 0) is 84.3 Å². The van der Waals surface area contributed by atoms with Gasteiger partial charge in [0.25, 0.3) is 0 Å². The number of anilines is 1. The van der Waals surface area contributed by atoms with Crippen LogP contribution in [0.1, 0.15) is 56.9 Å². The number of rotatable bonds is 4. The Kier molecular flexibility index (Phi) is 6.43. The van der Waals surface area contributed by atoms with Crippen LogP contribution in [0.5, 0.6) is 0 Å². The normalized spacial score (nSPS) is 35.2. The average molecular weight is 492 g/mol. The maximum atomic E-state index is 15.7. The molecule has 1 aromatic carbocycles. The van der Waals surface area contributed by atoms with Gasteiger partial charge in [0.15, 0.2) is 11.6 Å². The van der Waals surface area contributed by atoms with E-state index in [-0.39, 0.29) is 42.5 Å². The zero-order valence-electron chi connectivity index (χ0n) is 21.0. The number of benzene rings is 1. The van der Waals surface area contributed by atoms with Crippen molar-refractivity contribution in [2.24, 2.45) is 22.7 Å². The first kappa shape index (κ1) is 24.9. The summed E-state index contributed by atoms with van der Waals surface area (Å²) < 4.78 is 21.0. The van der Waals surface area contributed by atoms with Crippen molar-refractivity contribution in [3.05, 3.63) is 52.6 Å². The minimum absolute atomic E-state index is 0.00976. The molecule has 0 amide bonds. The van der Waals surface area contributed by atoms with E-state index in [1.54, 1.807) is 0 Å². The summed E-state index contributed by atoms with van der Waals surface area (Å²) in [5, 5.41) is 9.54. The molecular weight excluding hydrogens is 457 g/mol. The number of carbonyl (C=O) groups excluding carboxylic acids is 2. The molecule has 2 saturated carbocycles. The van der Waals surface area contributed by atoms with E-state index < -0.39 is 17.0 Å². The summed E-state index contributed by atoms with van der Waals surface area (Å²) in [5.41, 5.74) is 9.05. The van der Waals surface area contributed by atoms with Crippen molar-refractivity contribution in [1.82, 2.24) is 0 Å². The van der Waals surface area contributed by atoms with Gasteiger partial charge in [-0.25, -0.2) is 4.39 Å². The molecular formula is C30H34FNO4. The number of Topliss-reactive ketones (excluding diaryl/α,β-unsaturated/α-hetero) is 1. The van der Waals surface area contributed by atoms with Gasteiger partial charge in [-0.1, -0.05) is 36.5 Å². The van der Waals surface area contributed by atoms with Crippen molar-refractivity contribution >= 4 is 17.3 Å². The highest BCUT2D eigenvalue weighted by atomic mass is 19.1. The molecule has 4 aliphatic carbocycles. The number of hydrogen-bond acceptors (Lipinski definition) is 5. The van der Waals surface area contributed by atoms with Gasteiger partial charge in [-0.2, -0.15) is 0 Å². The number of carbonyl (C=O) groups is 2. The van der Waals surface area contributed by atoms with Gasteiger partial charge in [0, 0.05) is 25.1 Å². The van der Waals surface area contributed by atoms with E-state index in [9.17, 15) is 14.7 Å². The Bertz CT molecular complexity index is 1210. The monoisotopic (exact) mass is 491 g/mol. The summed E-state index contributed by atoms with van der Waals surface area (Å²) in [5.74, 6) is 5.90. The molecule has 5 rings (SSSR count). The number of allylic oxidation sites excluding steroid dienone is 4. The average Bonchev–Trinajstić information content (AvgIpc) is 3.16. The third-order valence-electron chi connectivity index (χ3n) is 9.42. The molecule has 36 heavy (non-hydrogen) atoms. The van der Waals surface area contributed by atoms with Crippen LogP contribution < -0.4 is 5.73 Å². The number of aliphatic hydroxyl groups excluding tert-OH is 1. The largest absolute Gasteiger partial charge is 0.399 e. The number of nitrogens with two attached hydrogens (primary N) is 1. The third-order valence-corrected chi connectivity index (χ3v) is 9.42. The second-order valence-corrected chi connectivity index (χ2v) is 11.0. The molecule has 0 bridgehead atoms. The molecule has 4 aliphatic rings. The van der Waals surface area contributed by atoms with Crippen LogP contribution in [0.3, 0.4) is 0 Å². The van der Waals surface area contributed by atoms with Crippen molar-refractivity contribution < 1.29 is 23.8 Å². The first-order chi connectivity index (χ1) is 17.3. The fraction of sp³-hybridized carbons (Fsp3) is 0.533. The van der Waals surface area contributed by atoms with Crippen LogP contribution in [0.2, 0.25) is 0 Å². The summed E-state index contributed by atoms with van der Waals surface area (Å²) >= 11 is 0. The maximum Gasteiger partial charge on any atom is 0.176 e. The lowest BCUT2D eigenvalue weighted by molar-refractivity contribution is -0.136. The van der Waals surface area contributed by atoms with Crippen molar-refractivity contribution in [3.63, 3.8) is 0 Å². The van der Waals surface area contributed by atoms with Gasteiger partial charge < -0.3 is 15.6 Å². The Hall–Kier alpha value is -2.75. The van der Waals surface area contributed by atoms with Crippen LogP contribution >= 0.6 is 0 Å². The minimum Gasteiger partial charge on any atom is -0.399 e.